The van der Waals surface area contributed by atoms with Crippen LogP contribution in [0.4, 0.5) is 0 Å². The van der Waals surface area contributed by atoms with E-state index < -0.39 is 6.10 Å². The standard InChI is InChI=1S/C17H27NO4/c1-12-5-6-15-16(7-12)21-11-14(22-15)10-20-9-13(19)8-18-17(2,3)4/h5-7,13-14,18-19H,8-11H2,1-4H3. The summed E-state index contributed by atoms with van der Waals surface area (Å²) in [6.45, 7) is 9.86. The number of hydrogen-bond donors (Lipinski definition) is 2. The summed E-state index contributed by atoms with van der Waals surface area (Å²) in [6, 6.07) is 5.88. The summed E-state index contributed by atoms with van der Waals surface area (Å²) in [5, 5.41) is 13.1. The molecule has 1 heterocycles. The van der Waals surface area contributed by atoms with Crippen molar-refractivity contribution in [1.82, 2.24) is 5.32 Å². The minimum atomic E-state index is -0.529. The molecule has 5 nitrogen and oxygen atoms in total. The third-order valence-corrected chi connectivity index (χ3v) is 3.30. The molecule has 0 spiro atoms. The van der Waals surface area contributed by atoms with E-state index in [1.165, 1.54) is 0 Å². The van der Waals surface area contributed by atoms with Gasteiger partial charge in [-0.2, -0.15) is 0 Å². The normalized spacial score (nSPS) is 19.0. The van der Waals surface area contributed by atoms with Crippen molar-refractivity contribution in [2.24, 2.45) is 0 Å². The van der Waals surface area contributed by atoms with Gasteiger partial charge in [0.1, 0.15) is 6.61 Å². The van der Waals surface area contributed by atoms with E-state index in [-0.39, 0.29) is 18.2 Å². The van der Waals surface area contributed by atoms with E-state index in [9.17, 15) is 5.11 Å². The summed E-state index contributed by atoms with van der Waals surface area (Å²) in [4.78, 5) is 0. The molecule has 0 amide bonds. The maximum Gasteiger partial charge on any atom is 0.161 e. The summed E-state index contributed by atoms with van der Waals surface area (Å²) in [5.41, 5.74) is 1.13. The number of rotatable bonds is 6. The molecule has 124 valence electrons. The molecule has 0 aromatic heterocycles. The van der Waals surface area contributed by atoms with Gasteiger partial charge in [-0.25, -0.2) is 0 Å². The van der Waals surface area contributed by atoms with E-state index in [4.69, 9.17) is 14.2 Å². The van der Waals surface area contributed by atoms with E-state index in [1.54, 1.807) is 0 Å². The van der Waals surface area contributed by atoms with Crippen molar-refractivity contribution in [1.29, 1.82) is 0 Å². The Morgan fingerprint density at radius 3 is 2.86 bits per heavy atom. The Balaban J connectivity index is 1.69. The molecule has 2 rings (SSSR count). The van der Waals surface area contributed by atoms with Crippen LogP contribution in [0, 0.1) is 6.92 Å². The fraction of sp³-hybridized carbons (Fsp3) is 0.647. The molecule has 1 aromatic rings. The van der Waals surface area contributed by atoms with Crippen LogP contribution in [0.5, 0.6) is 11.5 Å². The molecule has 1 aliphatic heterocycles. The molecule has 22 heavy (non-hydrogen) atoms. The van der Waals surface area contributed by atoms with Crippen molar-refractivity contribution in [3.05, 3.63) is 23.8 Å². The third kappa shape index (κ3) is 5.48. The number of fused-ring (bicyclic) bond motifs is 1. The van der Waals surface area contributed by atoms with Crippen molar-refractivity contribution in [2.45, 2.75) is 45.4 Å². The van der Waals surface area contributed by atoms with Gasteiger partial charge in [-0.3, -0.25) is 0 Å². The number of hydrogen-bond acceptors (Lipinski definition) is 5. The maximum absolute atomic E-state index is 9.87. The highest BCUT2D eigenvalue weighted by atomic mass is 16.6. The van der Waals surface area contributed by atoms with Gasteiger partial charge in [0.2, 0.25) is 0 Å². The number of ether oxygens (including phenoxy) is 3. The first kappa shape index (κ1) is 17.1. The predicted molar refractivity (Wildman–Crippen MR) is 85.7 cm³/mol. The molecular weight excluding hydrogens is 282 g/mol. The van der Waals surface area contributed by atoms with Gasteiger partial charge in [0.25, 0.3) is 0 Å². The Bertz CT molecular complexity index is 484. The average Bonchev–Trinajstić information content (AvgIpc) is 2.44. The minimum Gasteiger partial charge on any atom is -0.486 e. The van der Waals surface area contributed by atoms with E-state index in [2.05, 4.69) is 26.1 Å². The first-order chi connectivity index (χ1) is 10.3. The van der Waals surface area contributed by atoms with Crippen LogP contribution in [-0.4, -0.2) is 49.2 Å². The minimum absolute atomic E-state index is 0.0108. The molecule has 0 fully saturated rings. The monoisotopic (exact) mass is 309 g/mol. The maximum atomic E-state index is 9.87. The molecule has 2 atom stereocenters. The van der Waals surface area contributed by atoms with Gasteiger partial charge >= 0.3 is 0 Å². The number of aryl methyl sites for hydroxylation is 1. The van der Waals surface area contributed by atoms with Crippen molar-refractivity contribution >= 4 is 0 Å². The van der Waals surface area contributed by atoms with Crippen LogP contribution < -0.4 is 14.8 Å². The molecule has 0 bridgehead atoms. The molecular formula is C17H27NO4. The van der Waals surface area contributed by atoms with E-state index >= 15 is 0 Å². The lowest BCUT2D eigenvalue weighted by atomic mass is 10.1. The molecule has 0 radical (unpaired) electrons. The zero-order valence-electron chi connectivity index (χ0n) is 13.9. The highest BCUT2D eigenvalue weighted by Crippen LogP contribution is 2.32. The van der Waals surface area contributed by atoms with Gasteiger partial charge in [0, 0.05) is 12.1 Å². The molecule has 0 saturated heterocycles. The first-order valence-corrected chi connectivity index (χ1v) is 7.74. The number of aliphatic hydroxyl groups excluding tert-OH is 1. The van der Waals surface area contributed by atoms with E-state index in [0.717, 1.165) is 17.1 Å². The summed E-state index contributed by atoms with van der Waals surface area (Å²) < 4.78 is 17.1. The summed E-state index contributed by atoms with van der Waals surface area (Å²) in [7, 11) is 0. The SMILES string of the molecule is Cc1ccc2c(c1)OCC(COCC(O)CNC(C)(C)C)O2. The first-order valence-electron chi connectivity index (χ1n) is 7.74. The number of nitrogens with one attached hydrogen (secondary N) is 1. The quantitative estimate of drug-likeness (QED) is 0.840. The lowest BCUT2D eigenvalue weighted by Crippen LogP contribution is -2.42. The van der Waals surface area contributed by atoms with Gasteiger partial charge in [-0.05, 0) is 45.4 Å². The smallest absolute Gasteiger partial charge is 0.161 e. The van der Waals surface area contributed by atoms with E-state index in [0.29, 0.717) is 19.8 Å². The lowest BCUT2D eigenvalue weighted by Gasteiger charge is -2.27. The predicted octanol–water partition coefficient (Wildman–Crippen LogP) is 1.90. The van der Waals surface area contributed by atoms with E-state index in [1.807, 2.05) is 25.1 Å². The summed E-state index contributed by atoms with van der Waals surface area (Å²) in [6.07, 6.45) is -0.670. The Kier molecular flexibility index (Phi) is 5.67. The molecule has 0 saturated carbocycles. The van der Waals surface area contributed by atoms with Crippen LogP contribution >= 0.6 is 0 Å². The Morgan fingerprint density at radius 1 is 1.36 bits per heavy atom. The second kappa shape index (κ2) is 7.31. The topological polar surface area (TPSA) is 60.0 Å². The second-order valence-electron chi connectivity index (χ2n) is 6.82. The van der Waals surface area contributed by atoms with Crippen LogP contribution in [0.3, 0.4) is 0 Å². The Morgan fingerprint density at radius 2 is 2.14 bits per heavy atom. The Hall–Kier alpha value is -1.30. The zero-order chi connectivity index (χ0) is 16.2. The second-order valence-corrected chi connectivity index (χ2v) is 6.82. The molecule has 1 aromatic carbocycles. The highest BCUT2D eigenvalue weighted by molar-refractivity contribution is 5.43. The third-order valence-electron chi connectivity index (χ3n) is 3.30. The number of aliphatic hydroxyl groups is 1. The highest BCUT2D eigenvalue weighted by Gasteiger charge is 2.21. The molecule has 0 aliphatic carbocycles. The summed E-state index contributed by atoms with van der Waals surface area (Å²) >= 11 is 0. The van der Waals surface area contributed by atoms with Crippen molar-refractivity contribution in [3.63, 3.8) is 0 Å². The average molecular weight is 309 g/mol. The number of β-amino-alcohol motifs (C(OH)–C–C–N with tert-alkyl or cyclic N) is 1. The van der Waals surface area contributed by atoms with Crippen LogP contribution in [0.15, 0.2) is 18.2 Å². The van der Waals surface area contributed by atoms with Crippen LogP contribution in [0.2, 0.25) is 0 Å². The molecule has 2 N–H and O–H groups in total. The zero-order valence-corrected chi connectivity index (χ0v) is 13.9. The fourth-order valence-electron chi connectivity index (χ4n) is 2.12. The lowest BCUT2D eigenvalue weighted by molar-refractivity contribution is -0.0221. The van der Waals surface area contributed by atoms with Crippen LogP contribution in [0.25, 0.3) is 0 Å². The van der Waals surface area contributed by atoms with Gasteiger partial charge in [-0.15, -0.1) is 0 Å². The van der Waals surface area contributed by atoms with Gasteiger partial charge < -0.3 is 24.6 Å². The van der Waals surface area contributed by atoms with Crippen LogP contribution in [-0.2, 0) is 4.74 Å². The van der Waals surface area contributed by atoms with Crippen LogP contribution in [0.1, 0.15) is 26.3 Å². The molecule has 1 aliphatic rings. The van der Waals surface area contributed by atoms with Gasteiger partial charge in [0.05, 0.1) is 19.3 Å². The van der Waals surface area contributed by atoms with Crippen molar-refractivity contribution in [2.75, 3.05) is 26.4 Å². The Labute approximate surface area is 132 Å². The van der Waals surface area contributed by atoms with Crippen molar-refractivity contribution < 1.29 is 19.3 Å². The fourth-order valence-corrected chi connectivity index (χ4v) is 2.12. The largest absolute Gasteiger partial charge is 0.486 e. The van der Waals surface area contributed by atoms with Crippen molar-refractivity contribution in [3.8, 4) is 11.5 Å². The summed E-state index contributed by atoms with van der Waals surface area (Å²) in [5.74, 6) is 1.53. The van der Waals surface area contributed by atoms with Gasteiger partial charge in [0.15, 0.2) is 17.6 Å². The molecule has 2 unspecified atom stereocenters. The molecule has 5 heteroatoms. The van der Waals surface area contributed by atoms with Gasteiger partial charge in [-0.1, -0.05) is 6.07 Å². The number of benzene rings is 1.